The molecule has 1 aromatic carbocycles. The number of aromatic nitrogens is 1. The molecule has 2 aromatic rings. The molecule has 2 atom stereocenters. The summed E-state index contributed by atoms with van der Waals surface area (Å²) in [6.07, 6.45) is 8.65. The highest BCUT2D eigenvalue weighted by atomic mass is 16.5. The Hall–Kier alpha value is -2.64. The number of hydrogen-bond donors (Lipinski definition) is 1. The van der Waals surface area contributed by atoms with E-state index in [-0.39, 0.29) is 17.9 Å². The minimum atomic E-state index is 0.0327. The van der Waals surface area contributed by atoms with Gasteiger partial charge >= 0.3 is 0 Å². The normalized spacial score (nSPS) is 28.5. The highest BCUT2D eigenvalue weighted by Crippen LogP contribution is 2.40. The molecule has 3 aliphatic heterocycles. The quantitative estimate of drug-likeness (QED) is 0.758. The van der Waals surface area contributed by atoms with Crippen molar-refractivity contribution in [2.75, 3.05) is 35.3 Å². The molecule has 1 amide bonds. The zero-order valence-corrected chi connectivity index (χ0v) is 19.2. The van der Waals surface area contributed by atoms with Crippen LogP contribution in [0.15, 0.2) is 36.5 Å². The third kappa shape index (κ3) is 3.97. The monoisotopic (exact) mass is 448 g/mol. The fraction of sp³-hybridized carbons (Fsp3) is 0.538. The van der Waals surface area contributed by atoms with Crippen molar-refractivity contribution in [1.29, 1.82) is 0 Å². The first kappa shape index (κ1) is 20.9. The Morgan fingerprint density at radius 3 is 2.64 bits per heavy atom. The predicted octanol–water partition coefficient (Wildman–Crippen LogP) is 4.24. The number of ether oxygens (including phenoxy) is 2. The molecule has 1 aromatic heterocycles. The number of pyridine rings is 1. The van der Waals surface area contributed by atoms with Gasteiger partial charge in [0.15, 0.2) is 0 Å². The van der Waals surface area contributed by atoms with Gasteiger partial charge in [-0.25, -0.2) is 4.98 Å². The van der Waals surface area contributed by atoms with Crippen LogP contribution in [-0.4, -0.2) is 49.4 Å². The van der Waals surface area contributed by atoms with E-state index in [4.69, 9.17) is 9.47 Å². The second kappa shape index (κ2) is 8.61. The van der Waals surface area contributed by atoms with E-state index < -0.39 is 0 Å². The number of amides is 1. The van der Waals surface area contributed by atoms with Crippen LogP contribution in [0.3, 0.4) is 0 Å². The van der Waals surface area contributed by atoms with Crippen molar-refractivity contribution in [1.82, 2.24) is 4.98 Å². The first-order valence-electron chi connectivity index (χ1n) is 12.3. The minimum absolute atomic E-state index is 0.0327. The molecule has 3 fully saturated rings. The van der Waals surface area contributed by atoms with Crippen LogP contribution in [0.1, 0.15) is 44.1 Å². The van der Waals surface area contributed by atoms with Gasteiger partial charge in [-0.1, -0.05) is 6.07 Å². The second-order valence-corrected chi connectivity index (χ2v) is 9.83. The fourth-order valence-corrected chi connectivity index (χ4v) is 5.90. The van der Waals surface area contributed by atoms with E-state index >= 15 is 0 Å². The summed E-state index contributed by atoms with van der Waals surface area (Å²) in [6.45, 7) is 2.36. The molecule has 174 valence electrons. The molecule has 2 saturated heterocycles. The van der Waals surface area contributed by atoms with Crippen LogP contribution in [0.4, 0.5) is 22.9 Å². The molecule has 4 aliphatic rings. The molecular formula is C26H32N4O3. The maximum absolute atomic E-state index is 13.9. The summed E-state index contributed by atoms with van der Waals surface area (Å²) >= 11 is 0. The van der Waals surface area contributed by atoms with Crippen LogP contribution >= 0.6 is 0 Å². The number of hydrogen-bond acceptors (Lipinski definition) is 6. The van der Waals surface area contributed by atoms with Crippen molar-refractivity contribution in [3.63, 3.8) is 0 Å². The van der Waals surface area contributed by atoms with Crippen LogP contribution in [0.25, 0.3) is 0 Å². The maximum Gasteiger partial charge on any atom is 0.230 e. The van der Waals surface area contributed by atoms with Gasteiger partial charge in [-0.15, -0.1) is 0 Å². The molecule has 6 rings (SSSR count). The van der Waals surface area contributed by atoms with Crippen molar-refractivity contribution in [3.05, 3.63) is 42.1 Å². The first-order valence-corrected chi connectivity index (χ1v) is 12.3. The average molecular weight is 449 g/mol. The third-order valence-corrected chi connectivity index (χ3v) is 7.78. The molecule has 7 nitrogen and oxygen atoms in total. The summed E-state index contributed by atoms with van der Waals surface area (Å²) in [5, 5.41) is 3.50. The van der Waals surface area contributed by atoms with Crippen molar-refractivity contribution < 1.29 is 14.3 Å². The number of anilines is 4. The maximum atomic E-state index is 13.9. The Morgan fingerprint density at radius 1 is 1.09 bits per heavy atom. The minimum Gasteiger partial charge on any atom is -0.381 e. The summed E-state index contributed by atoms with van der Waals surface area (Å²) in [5.74, 6) is 1.07. The molecule has 2 bridgehead atoms. The Balaban J connectivity index is 1.34. The molecular weight excluding hydrogens is 416 g/mol. The standard InChI is InChI=1S/C26H32N4O3/c1-32-20-7-4-17(5-8-20)26(31)30-14-18-3-2-12-27-25(18)28-23-11-6-19(13-24(23)30)29-15-21-9-10-22(16-29)33-21/h2-3,6,11-13,17,20-22H,4-5,7-10,14-16H2,1H3,(H,27,28)/t17?,20?,21-,22+. The van der Waals surface area contributed by atoms with Crippen LogP contribution in [-0.2, 0) is 20.8 Å². The molecule has 1 aliphatic carbocycles. The first-order chi connectivity index (χ1) is 16.2. The van der Waals surface area contributed by atoms with E-state index in [0.717, 1.165) is 80.1 Å². The van der Waals surface area contributed by atoms with Crippen molar-refractivity contribution in [2.24, 2.45) is 5.92 Å². The molecule has 7 heteroatoms. The van der Waals surface area contributed by atoms with Crippen LogP contribution in [0.2, 0.25) is 0 Å². The second-order valence-electron chi connectivity index (χ2n) is 9.83. The van der Waals surface area contributed by atoms with Crippen LogP contribution in [0.5, 0.6) is 0 Å². The van der Waals surface area contributed by atoms with Gasteiger partial charge in [-0.2, -0.15) is 0 Å². The molecule has 4 heterocycles. The van der Waals surface area contributed by atoms with Crippen molar-refractivity contribution >= 4 is 28.8 Å². The number of fused-ring (bicyclic) bond motifs is 4. The Bertz CT molecular complexity index is 1020. The molecule has 1 N–H and O–H groups in total. The molecule has 0 spiro atoms. The number of morpholine rings is 1. The van der Waals surface area contributed by atoms with Crippen molar-refractivity contribution in [3.8, 4) is 0 Å². The van der Waals surface area contributed by atoms with Gasteiger partial charge in [0.2, 0.25) is 5.91 Å². The Kier molecular flexibility index (Phi) is 5.46. The van der Waals surface area contributed by atoms with E-state index in [1.165, 1.54) is 0 Å². The highest BCUT2D eigenvalue weighted by molar-refractivity contribution is 6.00. The van der Waals surface area contributed by atoms with E-state index in [9.17, 15) is 4.79 Å². The van der Waals surface area contributed by atoms with Crippen LogP contribution < -0.4 is 15.1 Å². The van der Waals surface area contributed by atoms with Gasteiger partial charge in [0.05, 0.1) is 36.2 Å². The molecule has 1 saturated carbocycles. The number of rotatable bonds is 3. The number of carbonyl (C=O) groups is 1. The van der Waals surface area contributed by atoms with Gasteiger partial charge in [0, 0.05) is 43.6 Å². The number of benzene rings is 1. The van der Waals surface area contributed by atoms with Crippen LogP contribution in [0, 0.1) is 5.92 Å². The van der Waals surface area contributed by atoms with Crippen molar-refractivity contribution in [2.45, 2.75) is 63.4 Å². The molecule has 33 heavy (non-hydrogen) atoms. The van der Waals surface area contributed by atoms with Gasteiger partial charge in [0.25, 0.3) is 0 Å². The molecule has 0 unspecified atom stereocenters. The zero-order valence-electron chi connectivity index (χ0n) is 19.2. The highest BCUT2D eigenvalue weighted by Gasteiger charge is 2.36. The Labute approximate surface area is 195 Å². The topological polar surface area (TPSA) is 66.9 Å². The van der Waals surface area contributed by atoms with Gasteiger partial charge in [-0.3, -0.25) is 4.79 Å². The smallest absolute Gasteiger partial charge is 0.230 e. The summed E-state index contributed by atoms with van der Waals surface area (Å²) in [5.41, 5.74) is 4.09. The lowest BCUT2D eigenvalue weighted by atomic mass is 9.86. The summed E-state index contributed by atoms with van der Waals surface area (Å²) in [6, 6.07) is 10.5. The SMILES string of the molecule is COC1CCC(C(=O)N2Cc3cccnc3Nc3ccc(N4C[C@H]5CC[C@@H](C4)O5)cc32)CC1. The third-order valence-electron chi connectivity index (χ3n) is 7.78. The van der Waals surface area contributed by atoms with E-state index in [0.29, 0.717) is 18.8 Å². The van der Waals surface area contributed by atoms with Gasteiger partial charge in [0.1, 0.15) is 5.82 Å². The number of methoxy groups -OCH3 is 1. The summed E-state index contributed by atoms with van der Waals surface area (Å²) < 4.78 is 11.6. The summed E-state index contributed by atoms with van der Waals surface area (Å²) in [4.78, 5) is 22.8. The lowest BCUT2D eigenvalue weighted by molar-refractivity contribution is -0.124. The average Bonchev–Trinajstić information content (AvgIpc) is 3.10. The Morgan fingerprint density at radius 2 is 1.88 bits per heavy atom. The van der Waals surface area contributed by atoms with Gasteiger partial charge in [-0.05, 0) is 62.8 Å². The van der Waals surface area contributed by atoms with E-state index in [1.54, 1.807) is 13.3 Å². The number of carbonyl (C=O) groups excluding carboxylic acids is 1. The number of nitrogens with one attached hydrogen (secondary N) is 1. The lowest BCUT2D eigenvalue weighted by Gasteiger charge is -2.35. The zero-order chi connectivity index (χ0) is 22.4. The van der Waals surface area contributed by atoms with E-state index in [2.05, 4.69) is 39.5 Å². The predicted molar refractivity (Wildman–Crippen MR) is 128 cm³/mol. The number of nitrogens with zero attached hydrogens (tertiary/aromatic N) is 3. The fourth-order valence-electron chi connectivity index (χ4n) is 5.90. The summed E-state index contributed by atoms with van der Waals surface area (Å²) in [7, 11) is 1.77. The van der Waals surface area contributed by atoms with Gasteiger partial charge < -0.3 is 24.6 Å². The molecule has 0 radical (unpaired) electrons. The van der Waals surface area contributed by atoms with E-state index in [1.807, 2.05) is 11.0 Å². The lowest BCUT2D eigenvalue weighted by Crippen LogP contribution is -2.43. The largest absolute Gasteiger partial charge is 0.381 e.